The van der Waals surface area contributed by atoms with Gasteiger partial charge in [0.1, 0.15) is 0 Å². The molecular formula is C13H20N2O. The summed E-state index contributed by atoms with van der Waals surface area (Å²) in [5, 5.41) is 0. The summed E-state index contributed by atoms with van der Waals surface area (Å²) in [7, 11) is 0. The van der Waals surface area contributed by atoms with Crippen LogP contribution in [0.2, 0.25) is 0 Å². The van der Waals surface area contributed by atoms with Gasteiger partial charge in [-0.2, -0.15) is 0 Å². The monoisotopic (exact) mass is 220 g/mol. The van der Waals surface area contributed by atoms with Gasteiger partial charge in [0.15, 0.2) is 0 Å². The lowest BCUT2D eigenvalue weighted by molar-refractivity contribution is -0.118. The Labute approximate surface area is 97.2 Å². The second-order valence-corrected chi connectivity index (χ2v) is 3.72. The predicted molar refractivity (Wildman–Crippen MR) is 67.4 cm³/mol. The average molecular weight is 220 g/mol. The molecule has 0 saturated heterocycles. The molecule has 1 aromatic carbocycles. The zero-order chi connectivity index (χ0) is 11.8. The molecule has 0 bridgehead atoms. The number of carbonyl (C=O) groups is 1. The smallest absolute Gasteiger partial charge is 0.226 e. The van der Waals surface area contributed by atoms with Crippen LogP contribution in [0, 0.1) is 0 Å². The SMILES string of the molecule is CCN(C(=O)CCCCN)c1ccccc1. The molecule has 0 spiro atoms. The largest absolute Gasteiger partial charge is 0.330 e. The Morgan fingerprint density at radius 3 is 2.50 bits per heavy atom. The number of hydrogen-bond donors (Lipinski definition) is 1. The number of benzene rings is 1. The molecule has 1 rings (SSSR count). The van der Waals surface area contributed by atoms with Crippen LogP contribution in [-0.4, -0.2) is 19.0 Å². The van der Waals surface area contributed by atoms with E-state index in [4.69, 9.17) is 5.73 Å². The maximum Gasteiger partial charge on any atom is 0.226 e. The number of hydrogen-bond acceptors (Lipinski definition) is 2. The van der Waals surface area contributed by atoms with Crippen molar-refractivity contribution in [3.8, 4) is 0 Å². The summed E-state index contributed by atoms with van der Waals surface area (Å²) >= 11 is 0. The van der Waals surface area contributed by atoms with Gasteiger partial charge in [-0.25, -0.2) is 0 Å². The fourth-order valence-corrected chi connectivity index (χ4v) is 1.67. The molecule has 0 heterocycles. The van der Waals surface area contributed by atoms with Crippen LogP contribution < -0.4 is 10.6 Å². The molecule has 0 radical (unpaired) electrons. The highest BCUT2D eigenvalue weighted by Gasteiger charge is 2.12. The van der Waals surface area contributed by atoms with Gasteiger partial charge >= 0.3 is 0 Å². The minimum atomic E-state index is 0.183. The van der Waals surface area contributed by atoms with Gasteiger partial charge in [-0.3, -0.25) is 4.79 Å². The third-order valence-corrected chi connectivity index (χ3v) is 2.53. The predicted octanol–water partition coefficient (Wildman–Crippen LogP) is 2.17. The molecule has 0 aliphatic carbocycles. The summed E-state index contributed by atoms with van der Waals surface area (Å²) in [6.45, 7) is 3.37. The lowest BCUT2D eigenvalue weighted by atomic mass is 10.2. The molecule has 88 valence electrons. The Balaban J connectivity index is 2.57. The van der Waals surface area contributed by atoms with Crippen molar-refractivity contribution in [1.82, 2.24) is 0 Å². The van der Waals surface area contributed by atoms with E-state index in [0.29, 0.717) is 19.5 Å². The zero-order valence-electron chi connectivity index (χ0n) is 9.86. The Kier molecular flexibility index (Phi) is 5.57. The van der Waals surface area contributed by atoms with Crippen LogP contribution in [-0.2, 0) is 4.79 Å². The van der Waals surface area contributed by atoms with E-state index in [1.807, 2.05) is 42.2 Å². The van der Waals surface area contributed by atoms with E-state index >= 15 is 0 Å². The number of anilines is 1. The minimum Gasteiger partial charge on any atom is -0.330 e. The molecule has 0 atom stereocenters. The number of nitrogens with two attached hydrogens (primary N) is 1. The first-order valence-electron chi connectivity index (χ1n) is 5.85. The van der Waals surface area contributed by atoms with Crippen LogP contribution in [0.3, 0.4) is 0 Å². The molecule has 1 amide bonds. The Hall–Kier alpha value is -1.35. The highest BCUT2D eigenvalue weighted by Crippen LogP contribution is 2.14. The third kappa shape index (κ3) is 3.66. The van der Waals surface area contributed by atoms with Crippen LogP contribution in [0.25, 0.3) is 0 Å². The van der Waals surface area contributed by atoms with E-state index in [9.17, 15) is 4.79 Å². The summed E-state index contributed by atoms with van der Waals surface area (Å²) in [6.07, 6.45) is 2.37. The van der Waals surface area contributed by atoms with Gasteiger partial charge in [0.25, 0.3) is 0 Å². The second-order valence-electron chi connectivity index (χ2n) is 3.72. The van der Waals surface area contributed by atoms with Crippen LogP contribution in [0.4, 0.5) is 5.69 Å². The maximum absolute atomic E-state index is 11.9. The van der Waals surface area contributed by atoms with Gasteiger partial charge in [-0.15, -0.1) is 0 Å². The van der Waals surface area contributed by atoms with Gasteiger partial charge in [0.05, 0.1) is 0 Å². The van der Waals surface area contributed by atoms with Crippen molar-refractivity contribution in [2.75, 3.05) is 18.0 Å². The molecule has 0 saturated carbocycles. The number of nitrogens with zero attached hydrogens (tertiary/aromatic N) is 1. The summed E-state index contributed by atoms with van der Waals surface area (Å²) in [6, 6.07) is 9.78. The van der Waals surface area contributed by atoms with Crippen molar-refractivity contribution < 1.29 is 4.79 Å². The topological polar surface area (TPSA) is 46.3 Å². The summed E-state index contributed by atoms with van der Waals surface area (Å²) in [5.74, 6) is 0.183. The van der Waals surface area contributed by atoms with E-state index in [1.54, 1.807) is 0 Å². The molecule has 0 aliphatic heterocycles. The fourth-order valence-electron chi connectivity index (χ4n) is 1.67. The molecule has 2 N–H and O–H groups in total. The van der Waals surface area contributed by atoms with Gasteiger partial charge in [0.2, 0.25) is 5.91 Å². The highest BCUT2D eigenvalue weighted by molar-refractivity contribution is 5.93. The van der Waals surface area contributed by atoms with Gasteiger partial charge in [0, 0.05) is 18.7 Å². The van der Waals surface area contributed by atoms with Crippen LogP contribution >= 0.6 is 0 Å². The zero-order valence-corrected chi connectivity index (χ0v) is 9.86. The molecule has 16 heavy (non-hydrogen) atoms. The number of para-hydroxylation sites is 1. The third-order valence-electron chi connectivity index (χ3n) is 2.53. The standard InChI is InChI=1S/C13H20N2O/c1-2-15(12-8-4-3-5-9-12)13(16)10-6-7-11-14/h3-5,8-9H,2,6-7,10-11,14H2,1H3. The van der Waals surface area contributed by atoms with Crippen molar-refractivity contribution in [3.63, 3.8) is 0 Å². The van der Waals surface area contributed by atoms with E-state index < -0.39 is 0 Å². The molecular weight excluding hydrogens is 200 g/mol. The van der Waals surface area contributed by atoms with Crippen LogP contribution in [0.1, 0.15) is 26.2 Å². The number of unbranched alkanes of at least 4 members (excludes halogenated alkanes) is 1. The first-order chi connectivity index (χ1) is 7.79. The lowest BCUT2D eigenvalue weighted by Crippen LogP contribution is -2.30. The molecule has 0 aromatic heterocycles. The Bertz CT molecular complexity index is 311. The molecule has 0 unspecified atom stereocenters. The number of amides is 1. The Morgan fingerprint density at radius 1 is 1.25 bits per heavy atom. The molecule has 0 fully saturated rings. The maximum atomic E-state index is 11.9. The fraction of sp³-hybridized carbons (Fsp3) is 0.462. The van der Waals surface area contributed by atoms with Gasteiger partial charge in [-0.1, -0.05) is 18.2 Å². The van der Waals surface area contributed by atoms with Crippen molar-refractivity contribution in [1.29, 1.82) is 0 Å². The second kappa shape index (κ2) is 7.01. The van der Waals surface area contributed by atoms with Crippen LogP contribution in [0.15, 0.2) is 30.3 Å². The van der Waals surface area contributed by atoms with Gasteiger partial charge < -0.3 is 10.6 Å². The first kappa shape index (κ1) is 12.7. The number of rotatable bonds is 6. The summed E-state index contributed by atoms with van der Waals surface area (Å²) in [4.78, 5) is 13.8. The van der Waals surface area contributed by atoms with E-state index in [-0.39, 0.29) is 5.91 Å². The Morgan fingerprint density at radius 2 is 1.94 bits per heavy atom. The molecule has 1 aromatic rings. The molecule has 3 heteroatoms. The lowest BCUT2D eigenvalue weighted by Gasteiger charge is -2.20. The number of carbonyl (C=O) groups excluding carboxylic acids is 1. The minimum absolute atomic E-state index is 0.183. The van der Waals surface area contributed by atoms with E-state index in [1.165, 1.54) is 0 Å². The van der Waals surface area contributed by atoms with Crippen molar-refractivity contribution in [3.05, 3.63) is 30.3 Å². The summed E-state index contributed by atoms with van der Waals surface area (Å²) < 4.78 is 0. The van der Waals surface area contributed by atoms with E-state index in [0.717, 1.165) is 18.5 Å². The summed E-state index contributed by atoms with van der Waals surface area (Å²) in [5.41, 5.74) is 6.38. The van der Waals surface area contributed by atoms with E-state index in [2.05, 4.69) is 0 Å². The van der Waals surface area contributed by atoms with Gasteiger partial charge in [-0.05, 0) is 38.4 Å². The van der Waals surface area contributed by atoms with Crippen LogP contribution in [0.5, 0.6) is 0 Å². The van der Waals surface area contributed by atoms with Crippen molar-refractivity contribution in [2.24, 2.45) is 5.73 Å². The normalized spacial score (nSPS) is 10.1. The molecule has 0 aliphatic rings. The molecule has 3 nitrogen and oxygen atoms in total. The average Bonchev–Trinajstić information content (AvgIpc) is 2.32. The van der Waals surface area contributed by atoms with Crippen molar-refractivity contribution in [2.45, 2.75) is 26.2 Å². The highest BCUT2D eigenvalue weighted by atomic mass is 16.2. The van der Waals surface area contributed by atoms with Crippen molar-refractivity contribution >= 4 is 11.6 Å². The quantitative estimate of drug-likeness (QED) is 0.747. The first-order valence-corrected chi connectivity index (χ1v) is 5.85.